The van der Waals surface area contributed by atoms with Gasteiger partial charge < -0.3 is 21.0 Å². The fraction of sp³-hybridized carbons (Fsp3) is 0.533. The highest BCUT2D eigenvalue weighted by atomic mass is 16.5. The van der Waals surface area contributed by atoms with E-state index in [4.69, 9.17) is 15.7 Å². The number of ether oxygens (including phenoxy) is 1. The minimum absolute atomic E-state index is 0.0549. The second kappa shape index (κ2) is 7.75. The summed E-state index contributed by atoms with van der Waals surface area (Å²) in [5.74, 6) is 1.93. The van der Waals surface area contributed by atoms with Crippen LogP contribution < -0.4 is 15.8 Å². The fourth-order valence-electron chi connectivity index (χ4n) is 1.80. The largest absolute Gasteiger partial charge is 0.496 e. The molecular formula is C15H25N3O2. The third-order valence-electron chi connectivity index (χ3n) is 3.58. The maximum atomic E-state index is 8.80. The van der Waals surface area contributed by atoms with E-state index in [1.807, 2.05) is 18.2 Å². The molecule has 0 radical (unpaired) electrons. The van der Waals surface area contributed by atoms with Crippen LogP contribution in [-0.4, -0.2) is 24.7 Å². The molecule has 0 spiro atoms. The molecule has 0 aliphatic rings. The molecular weight excluding hydrogens is 254 g/mol. The molecule has 1 aromatic rings. The predicted molar refractivity (Wildman–Crippen MR) is 81.2 cm³/mol. The fourth-order valence-corrected chi connectivity index (χ4v) is 1.80. The lowest BCUT2D eigenvalue weighted by molar-refractivity contribution is 0.318. The summed E-state index contributed by atoms with van der Waals surface area (Å²) in [7, 11) is 1.56. The second-order valence-corrected chi connectivity index (χ2v) is 5.37. The predicted octanol–water partition coefficient (Wildman–Crippen LogP) is 2.17. The van der Waals surface area contributed by atoms with Crippen molar-refractivity contribution in [2.75, 3.05) is 13.7 Å². The number of methoxy groups -OCH3 is 1. The number of hydrogen-bond donors (Lipinski definition) is 3. The lowest BCUT2D eigenvalue weighted by Crippen LogP contribution is -2.24. The Morgan fingerprint density at radius 2 is 2.10 bits per heavy atom. The van der Waals surface area contributed by atoms with E-state index in [1.54, 1.807) is 7.11 Å². The quantitative estimate of drug-likeness (QED) is 0.309. The van der Waals surface area contributed by atoms with Crippen LogP contribution >= 0.6 is 0 Å². The zero-order valence-electron chi connectivity index (χ0n) is 12.7. The van der Waals surface area contributed by atoms with Crippen molar-refractivity contribution in [2.24, 2.45) is 22.7 Å². The van der Waals surface area contributed by atoms with Crippen LogP contribution in [0.15, 0.2) is 23.4 Å². The van der Waals surface area contributed by atoms with Gasteiger partial charge in [-0.2, -0.15) is 0 Å². The number of hydrogen-bond acceptors (Lipinski definition) is 4. The number of amidine groups is 1. The van der Waals surface area contributed by atoms with Gasteiger partial charge in [-0.05, 0) is 36.1 Å². The molecule has 1 atom stereocenters. The van der Waals surface area contributed by atoms with E-state index in [1.165, 1.54) is 0 Å². The van der Waals surface area contributed by atoms with Crippen LogP contribution in [0.1, 0.15) is 31.9 Å². The zero-order chi connectivity index (χ0) is 15.1. The van der Waals surface area contributed by atoms with Crippen LogP contribution in [0.2, 0.25) is 0 Å². The molecule has 0 amide bonds. The van der Waals surface area contributed by atoms with Gasteiger partial charge in [0, 0.05) is 6.54 Å². The van der Waals surface area contributed by atoms with Gasteiger partial charge in [0.1, 0.15) is 5.75 Å². The molecule has 0 aliphatic heterocycles. The molecule has 5 heteroatoms. The van der Waals surface area contributed by atoms with Crippen LogP contribution in [0.3, 0.4) is 0 Å². The van der Waals surface area contributed by atoms with Gasteiger partial charge in [-0.1, -0.05) is 32.0 Å². The van der Waals surface area contributed by atoms with Crippen LogP contribution in [0.25, 0.3) is 0 Å². The average molecular weight is 279 g/mol. The Balaban J connectivity index is 2.73. The third-order valence-corrected chi connectivity index (χ3v) is 3.58. The van der Waals surface area contributed by atoms with E-state index >= 15 is 0 Å². The Morgan fingerprint density at radius 1 is 1.40 bits per heavy atom. The van der Waals surface area contributed by atoms with Gasteiger partial charge in [-0.15, -0.1) is 0 Å². The number of nitrogens with two attached hydrogens (primary N) is 1. The van der Waals surface area contributed by atoms with Crippen molar-refractivity contribution >= 4 is 5.84 Å². The maximum absolute atomic E-state index is 8.80. The Bertz CT molecular complexity index is 458. The van der Waals surface area contributed by atoms with E-state index in [-0.39, 0.29) is 5.84 Å². The van der Waals surface area contributed by atoms with Crippen molar-refractivity contribution in [3.05, 3.63) is 29.3 Å². The van der Waals surface area contributed by atoms with Crippen molar-refractivity contribution in [1.82, 2.24) is 5.32 Å². The van der Waals surface area contributed by atoms with E-state index < -0.39 is 0 Å². The van der Waals surface area contributed by atoms with Crippen molar-refractivity contribution in [3.63, 3.8) is 0 Å². The normalized spacial score (nSPS) is 13.6. The molecule has 5 nitrogen and oxygen atoms in total. The molecule has 4 N–H and O–H groups in total. The van der Waals surface area contributed by atoms with Crippen LogP contribution in [0, 0.1) is 11.8 Å². The van der Waals surface area contributed by atoms with Gasteiger partial charge in [0.2, 0.25) is 0 Å². The van der Waals surface area contributed by atoms with Gasteiger partial charge >= 0.3 is 0 Å². The second-order valence-electron chi connectivity index (χ2n) is 5.37. The van der Waals surface area contributed by atoms with Crippen LogP contribution in [0.4, 0.5) is 0 Å². The molecule has 1 rings (SSSR count). The molecule has 20 heavy (non-hydrogen) atoms. The number of oxime groups is 1. The molecule has 0 saturated heterocycles. The van der Waals surface area contributed by atoms with Gasteiger partial charge in [0.15, 0.2) is 5.84 Å². The summed E-state index contributed by atoms with van der Waals surface area (Å²) in [6.07, 6.45) is 0. The lowest BCUT2D eigenvalue weighted by Gasteiger charge is -2.16. The summed E-state index contributed by atoms with van der Waals surface area (Å²) < 4.78 is 5.21. The van der Waals surface area contributed by atoms with Crippen molar-refractivity contribution in [3.8, 4) is 5.75 Å². The Morgan fingerprint density at radius 3 is 2.65 bits per heavy atom. The highest BCUT2D eigenvalue weighted by Crippen LogP contribution is 2.19. The minimum Gasteiger partial charge on any atom is -0.496 e. The number of nitrogens with zero attached hydrogens (tertiary/aromatic N) is 1. The molecule has 1 unspecified atom stereocenters. The summed E-state index contributed by atoms with van der Waals surface area (Å²) >= 11 is 0. The van der Waals surface area contributed by atoms with E-state index in [0.717, 1.165) is 18.7 Å². The number of benzene rings is 1. The molecule has 0 aliphatic carbocycles. The topological polar surface area (TPSA) is 79.9 Å². The SMILES string of the molecule is COc1ccc(CNCC(C)C(C)C)cc1C(N)=NO. The maximum Gasteiger partial charge on any atom is 0.173 e. The first-order chi connectivity index (χ1) is 9.49. The van der Waals surface area contributed by atoms with Gasteiger partial charge in [-0.3, -0.25) is 0 Å². The van der Waals surface area contributed by atoms with E-state index in [0.29, 0.717) is 23.1 Å². The van der Waals surface area contributed by atoms with Crippen LogP contribution in [0.5, 0.6) is 5.75 Å². The lowest BCUT2D eigenvalue weighted by atomic mass is 9.98. The van der Waals surface area contributed by atoms with Crippen molar-refractivity contribution < 1.29 is 9.94 Å². The van der Waals surface area contributed by atoms with E-state index in [2.05, 4.69) is 31.2 Å². The monoisotopic (exact) mass is 279 g/mol. The van der Waals surface area contributed by atoms with Crippen LogP contribution in [-0.2, 0) is 6.54 Å². The molecule has 0 bridgehead atoms. The zero-order valence-corrected chi connectivity index (χ0v) is 12.7. The first kappa shape index (κ1) is 16.3. The third kappa shape index (κ3) is 4.42. The first-order valence-corrected chi connectivity index (χ1v) is 6.85. The first-order valence-electron chi connectivity index (χ1n) is 6.85. The van der Waals surface area contributed by atoms with Gasteiger partial charge in [-0.25, -0.2) is 0 Å². The smallest absolute Gasteiger partial charge is 0.173 e. The number of nitrogens with one attached hydrogen (secondary N) is 1. The molecule has 0 aromatic heterocycles. The highest BCUT2D eigenvalue weighted by Gasteiger charge is 2.10. The van der Waals surface area contributed by atoms with Gasteiger partial charge in [0.05, 0.1) is 12.7 Å². The molecule has 0 fully saturated rings. The standard InChI is InChI=1S/C15H25N3O2/c1-10(2)11(3)8-17-9-12-5-6-14(20-4)13(7-12)15(16)18-19/h5-7,10-11,17,19H,8-9H2,1-4H3,(H2,16,18). The Labute approximate surface area is 120 Å². The molecule has 1 aromatic carbocycles. The molecule has 0 heterocycles. The summed E-state index contributed by atoms with van der Waals surface area (Å²) in [5, 5.41) is 15.3. The van der Waals surface area contributed by atoms with E-state index in [9.17, 15) is 0 Å². The Hall–Kier alpha value is -1.75. The summed E-state index contributed by atoms with van der Waals surface area (Å²) in [4.78, 5) is 0. The summed E-state index contributed by atoms with van der Waals surface area (Å²) in [5.41, 5.74) is 7.33. The van der Waals surface area contributed by atoms with Crippen molar-refractivity contribution in [2.45, 2.75) is 27.3 Å². The van der Waals surface area contributed by atoms with Crippen molar-refractivity contribution in [1.29, 1.82) is 0 Å². The molecule has 112 valence electrons. The van der Waals surface area contributed by atoms with Gasteiger partial charge in [0.25, 0.3) is 0 Å². The number of rotatable bonds is 7. The average Bonchev–Trinajstić information content (AvgIpc) is 2.45. The highest BCUT2D eigenvalue weighted by molar-refractivity contribution is 5.99. The molecule has 0 saturated carbocycles. The Kier molecular flexibility index (Phi) is 6.31. The summed E-state index contributed by atoms with van der Waals surface area (Å²) in [6.45, 7) is 8.37. The summed E-state index contributed by atoms with van der Waals surface area (Å²) in [6, 6.07) is 5.68. The minimum atomic E-state index is 0.0549.